The first-order chi connectivity index (χ1) is 12.3. The van der Waals surface area contributed by atoms with E-state index in [1.807, 2.05) is 37.4 Å². The number of carbonyl (C=O) groups is 1. The number of nitrogens with zero attached hydrogens (tertiary/aromatic N) is 2. The Morgan fingerprint density at radius 3 is 2.80 bits per heavy atom. The van der Waals surface area contributed by atoms with Crippen LogP contribution in [0, 0.1) is 0 Å². The number of rotatable bonds is 5. The molecule has 0 spiro atoms. The fourth-order valence-electron chi connectivity index (χ4n) is 3.22. The zero-order valence-corrected chi connectivity index (χ0v) is 15.7. The van der Waals surface area contributed by atoms with Crippen LogP contribution in [-0.2, 0) is 12.8 Å². The number of nitrogens with one attached hydrogen (secondary N) is 1. The number of aryl methyl sites for hydroxylation is 2. The molecule has 0 radical (unpaired) electrons. The van der Waals surface area contributed by atoms with Crippen molar-refractivity contribution in [2.45, 2.75) is 30.8 Å². The largest absolute Gasteiger partial charge is 0.372 e. The Bertz CT molecular complexity index is 921. The van der Waals surface area contributed by atoms with Gasteiger partial charge in [-0.3, -0.25) is 4.79 Å². The molecular formula is C19H19N3OS2. The Balaban J connectivity index is 1.61. The first kappa shape index (κ1) is 16.5. The van der Waals surface area contributed by atoms with Crippen LogP contribution in [0.4, 0.5) is 5.82 Å². The van der Waals surface area contributed by atoms with Crippen LogP contribution in [0.15, 0.2) is 35.5 Å². The normalized spacial score (nSPS) is 13.6. The van der Waals surface area contributed by atoms with Crippen LogP contribution in [0.25, 0.3) is 10.2 Å². The van der Waals surface area contributed by atoms with Crippen LogP contribution in [0.1, 0.15) is 33.6 Å². The molecule has 6 heteroatoms. The molecule has 0 amide bonds. The summed E-state index contributed by atoms with van der Waals surface area (Å²) >= 11 is 3.19. The SMILES string of the molecule is CNc1nc(SCC(=O)c2ccccc2)nc2sc3c(c12)CCCC3. The van der Waals surface area contributed by atoms with Gasteiger partial charge in [-0.15, -0.1) is 11.3 Å². The van der Waals surface area contributed by atoms with E-state index in [1.165, 1.54) is 40.4 Å². The predicted octanol–water partition coefficient (Wildman–Crippen LogP) is 4.59. The van der Waals surface area contributed by atoms with E-state index < -0.39 is 0 Å². The summed E-state index contributed by atoms with van der Waals surface area (Å²) in [7, 11) is 1.90. The average molecular weight is 370 g/mol. The average Bonchev–Trinajstić information content (AvgIpc) is 3.04. The van der Waals surface area contributed by atoms with E-state index in [4.69, 9.17) is 4.98 Å². The molecule has 0 bridgehead atoms. The van der Waals surface area contributed by atoms with Crippen LogP contribution in [0.5, 0.6) is 0 Å². The van der Waals surface area contributed by atoms with E-state index in [0.717, 1.165) is 29.1 Å². The van der Waals surface area contributed by atoms with Crippen molar-refractivity contribution in [2.24, 2.45) is 0 Å². The number of aromatic nitrogens is 2. The zero-order chi connectivity index (χ0) is 17.2. The summed E-state index contributed by atoms with van der Waals surface area (Å²) in [6.45, 7) is 0. The molecule has 0 saturated heterocycles. The lowest BCUT2D eigenvalue weighted by atomic mass is 9.97. The Hall–Kier alpha value is -1.92. The highest BCUT2D eigenvalue weighted by molar-refractivity contribution is 7.99. The standard InChI is InChI=1S/C19H19N3OS2/c1-20-17-16-13-9-5-6-10-15(13)25-18(16)22-19(21-17)24-11-14(23)12-7-3-2-4-8-12/h2-4,7-8H,5-6,9-11H2,1H3,(H,20,21,22). The Morgan fingerprint density at radius 2 is 2.00 bits per heavy atom. The summed E-state index contributed by atoms with van der Waals surface area (Å²) in [6.07, 6.45) is 4.76. The maximum Gasteiger partial charge on any atom is 0.191 e. The molecule has 128 valence electrons. The smallest absolute Gasteiger partial charge is 0.191 e. The topological polar surface area (TPSA) is 54.9 Å². The van der Waals surface area contributed by atoms with Crippen molar-refractivity contribution in [3.05, 3.63) is 46.3 Å². The fourth-order valence-corrected chi connectivity index (χ4v) is 5.28. The highest BCUT2D eigenvalue weighted by Gasteiger charge is 2.21. The summed E-state index contributed by atoms with van der Waals surface area (Å²) in [6, 6.07) is 9.38. The van der Waals surface area contributed by atoms with Crippen molar-refractivity contribution in [3.63, 3.8) is 0 Å². The second kappa shape index (κ2) is 7.14. The molecule has 0 saturated carbocycles. The minimum Gasteiger partial charge on any atom is -0.372 e. The number of hydrogen-bond acceptors (Lipinski definition) is 6. The van der Waals surface area contributed by atoms with Gasteiger partial charge >= 0.3 is 0 Å². The molecule has 1 N–H and O–H groups in total. The third-order valence-corrected chi connectivity index (χ3v) is 6.49. The minimum atomic E-state index is 0.103. The number of thioether (sulfide) groups is 1. The molecule has 1 aliphatic rings. The van der Waals surface area contributed by atoms with Gasteiger partial charge in [0.15, 0.2) is 10.9 Å². The lowest BCUT2D eigenvalue weighted by Crippen LogP contribution is -2.04. The minimum absolute atomic E-state index is 0.103. The summed E-state index contributed by atoms with van der Waals surface area (Å²) in [4.78, 5) is 24.2. The van der Waals surface area contributed by atoms with Gasteiger partial charge in [-0.1, -0.05) is 42.1 Å². The van der Waals surface area contributed by atoms with Gasteiger partial charge in [-0.25, -0.2) is 9.97 Å². The van der Waals surface area contributed by atoms with Gasteiger partial charge in [0.05, 0.1) is 11.1 Å². The van der Waals surface area contributed by atoms with Gasteiger partial charge in [-0.05, 0) is 31.2 Å². The van der Waals surface area contributed by atoms with Crippen LogP contribution in [0.3, 0.4) is 0 Å². The van der Waals surface area contributed by atoms with Gasteiger partial charge in [0.2, 0.25) is 0 Å². The molecule has 25 heavy (non-hydrogen) atoms. The van der Waals surface area contributed by atoms with Gasteiger partial charge in [0.25, 0.3) is 0 Å². The van der Waals surface area contributed by atoms with Gasteiger partial charge in [0, 0.05) is 17.5 Å². The van der Waals surface area contributed by atoms with E-state index in [9.17, 15) is 4.79 Å². The molecule has 1 aromatic carbocycles. The second-order valence-corrected chi connectivity index (χ2v) is 8.10. The molecule has 4 nitrogen and oxygen atoms in total. The predicted molar refractivity (Wildman–Crippen MR) is 105 cm³/mol. The third kappa shape index (κ3) is 3.28. The molecule has 0 atom stereocenters. The molecule has 1 aliphatic carbocycles. The molecular weight excluding hydrogens is 350 g/mol. The summed E-state index contributed by atoms with van der Waals surface area (Å²) in [5, 5.41) is 5.07. The highest BCUT2D eigenvalue weighted by Crippen LogP contribution is 2.39. The van der Waals surface area contributed by atoms with Crippen molar-refractivity contribution in [3.8, 4) is 0 Å². The van der Waals surface area contributed by atoms with E-state index >= 15 is 0 Å². The number of benzene rings is 1. The molecule has 2 heterocycles. The lowest BCUT2D eigenvalue weighted by Gasteiger charge is -2.11. The highest BCUT2D eigenvalue weighted by atomic mass is 32.2. The number of carbonyl (C=O) groups excluding carboxylic acids is 1. The molecule has 2 aromatic heterocycles. The Morgan fingerprint density at radius 1 is 1.20 bits per heavy atom. The maximum absolute atomic E-state index is 12.3. The van der Waals surface area contributed by atoms with Crippen molar-refractivity contribution >= 4 is 44.9 Å². The van der Waals surface area contributed by atoms with Crippen LogP contribution < -0.4 is 5.32 Å². The maximum atomic E-state index is 12.3. The lowest BCUT2D eigenvalue weighted by molar-refractivity contribution is 0.102. The third-order valence-electron chi connectivity index (χ3n) is 4.46. The molecule has 0 unspecified atom stereocenters. The summed E-state index contributed by atoms with van der Waals surface area (Å²) < 4.78 is 0. The second-order valence-electron chi connectivity index (χ2n) is 6.07. The number of ketones is 1. The Kier molecular flexibility index (Phi) is 4.72. The van der Waals surface area contributed by atoms with E-state index in [1.54, 1.807) is 11.3 Å². The van der Waals surface area contributed by atoms with Gasteiger partial charge in [0.1, 0.15) is 10.6 Å². The summed E-state index contributed by atoms with van der Waals surface area (Å²) in [5.74, 6) is 1.34. The fraction of sp³-hybridized carbons (Fsp3) is 0.316. The Labute approximate surface area is 155 Å². The first-order valence-corrected chi connectivity index (χ1v) is 10.3. The van der Waals surface area contributed by atoms with E-state index in [2.05, 4.69) is 10.3 Å². The van der Waals surface area contributed by atoms with Gasteiger partial charge < -0.3 is 5.32 Å². The van der Waals surface area contributed by atoms with Crippen molar-refractivity contribution in [1.29, 1.82) is 0 Å². The summed E-state index contributed by atoms with van der Waals surface area (Å²) in [5.41, 5.74) is 2.16. The number of anilines is 1. The molecule has 0 aliphatic heterocycles. The molecule has 3 aromatic rings. The number of Topliss-reactive ketones (excluding diaryl/α,β-unsaturated/α-hetero) is 1. The number of fused-ring (bicyclic) bond motifs is 3. The quantitative estimate of drug-likeness (QED) is 0.405. The van der Waals surface area contributed by atoms with Crippen molar-refractivity contribution in [1.82, 2.24) is 9.97 Å². The van der Waals surface area contributed by atoms with Crippen molar-refractivity contribution < 1.29 is 4.79 Å². The van der Waals surface area contributed by atoms with E-state index in [-0.39, 0.29) is 5.78 Å². The molecule has 0 fully saturated rings. The van der Waals surface area contributed by atoms with Gasteiger partial charge in [-0.2, -0.15) is 0 Å². The number of thiophene rings is 1. The van der Waals surface area contributed by atoms with Crippen LogP contribution in [-0.4, -0.2) is 28.6 Å². The zero-order valence-electron chi connectivity index (χ0n) is 14.0. The first-order valence-electron chi connectivity index (χ1n) is 8.47. The van der Waals surface area contributed by atoms with Crippen molar-refractivity contribution in [2.75, 3.05) is 18.1 Å². The van der Waals surface area contributed by atoms with E-state index in [0.29, 0.717) is 10.9 Å². The monoisotopic (exact) mass is 369 g/mol. The number of hydrogen-bond donors (Lipinski definition) is 1. The molecule has 4 rings (SSSR count). The van der Waals surface area contributed by atoms with Crippen LogP contribution >= 0.6 is 23.1 Å². The van der Waals surface area contributed by atoms with Crippen LogP contribution in [0.2, 0.25) is 0 Å².